The highest BCUT2D eigenvalue weighted by molar-refractivity contribution is 5.53. The number of hydrogen-bond acceptors (Lipinski definition) is 4. The van der Waals surface area contributed by atoms with Gasteiger partial charge in [-0.2, -0.15) is 4.98 Å². The summed E-state index contributed by atoms with van der Waals surface area (Å²) in [4.78, 5) is 4.41. The third-order valence-corrected chi connectivity index (χ3v) is 3.13. The lowest BCUT2D eigenvalue weighted by Gasteiger charge is -2.10. The minimum absolute atomic E-state index is 0.572. The third-order valence-electron chi connectivity index (χ3n) is 3.13. The molecule has 0 bridgehead atoms. The lowest BCUT2D eigenvalue weighted by molar-refractivity contribution is 0.290. The summed E-state index contributed by atoms with van der Waals surface area (Å²) in [6.07, 6.45) is 6.18. The van der Waals surface area contributed by atoms with Crippen LogP contribution in [0.25, 0.3) is 0 Å². The van der Waals surface area contributed by atoms with Crippen LogP contribution < -0.4 is 15.8 Å². The topological polar surface area (TPSA) is 60.2 Å². The summed E-state index contributed by atoms with van der Waals surface area (Å²) in [5, 5.41) is 3.30. The minimum Gasteiger partial charge on any atom is -0.476 e. The molecule has 1 heterocycles. The monoisotopic (exact) mass is 249 g/mol. The Kier molecular flexibility index (Phi) is 4.67. The van der Waals surface area contributed by atoms with Crippen molar-refractivity contribution in [2.24, 2.45) is 5.92 Å². The van der Waals surface area contributed by atoms with E-state index in [0.29, 0.717) is 17.5 Å². The second-order valence-electron chi connectivity index (χ2n) is 4.98. The number of rotatable bonds is 8. The molecule has 100 valence electrons. The van der Waals surface area contributed by atoms with Crippen molar-refractivity contribution in [3.8, 4) is 5.88 Å². The Bertz CT molecular complexity index is 377. The van der Waals surface area contributed by atoms with Gasteiger partial charge in [0.25, 0.3) is 0 Å². The van der Waals surface area contributed by atoms with E-state index in [1.54, 1.807) is 0 Å². The first kappa shape index (κ1) is 13.0. The van der Waals surface area contributed by atoms with Crippen LogP contribution in [-0.4, -0.2) is 18.1 Å². The Hall–Kier alpha value is -1.45. The Labute approximate surface area is 109 Å². The Morgan fingerprint density at radius 3 is 2.94 bits per heavy atom. The number of pyridine rings is 1. The van der Waals surface area contributed by atoms with Crippen LogP contribution in [0.2, 0.25) is 0 Å². The zero-order chi connectivity index (χ0) is 12.8. The van der Waals surface area contributed by atoms with Crippen LogP contribution in [0, 0.1) is 5.92 Å². The van der Waals surface area contributed by atoms with Crippen molar-refractivity contribution in [3.63, 3.8) is 0 Å². The van der Waals surface area contributed by atoms with Gasteiger partial charge < -0.3 is 15.8 Å². The zero-order valence-electron chi connectivity index (χ0n) is 11.1. The molecule has 18 heavy (non-hydrogen) atoms. The van der Waals surface area contributed by atoms with Gasteiger partial charge in [-0.1, -0.05) is 19.8 Å². The molecule has 0 aromatic carbocycles. The molecule has 2 rings (SSSR count). The predicted molar refractivity (Wildman–Crippen MR) is 74.9 cm³/mol. The number of nitrogens with two attached hydrogens (primary N) is 1. The highest BCUT2D eigenvalue weighted by Crippen LogP contribution is 2.30. The fourth-order valence-electron chi connectivity index (χ4n) is 1.74. The molecule has 1 fully saturated rings. The van der Waals surface area contributed by atoms with Crippen molar-refractivity contribution in [3.05, 3.63) is 12.1 Å². The van der Waals surface area contributed by atoms with E-state index < -0.39 is 0 Å². The maximum absolute atomic E-state index is 5.86. The lowest BCUT2D eigenvalue weighted by Crippen LogP contribution is -2.07. The number of ether oxygens (including phenoxy) is 1. The summed E-state index contributed by atoms with van der Waals surface area (Å²) >= 11 is 0. The molecule has 0 atom stereocenters. The molecule has 0 unspecified atom stereocenters. The van der Waals surface area contributed by atoms with Gasteiger partial charge in [0.1, 0.15) is 5.82 Å². The van der Waals surface area contributed by atoms with E-state index in [2.05, 4.69) is 17.2 Å². The van der Waals surface area contributed by atoms with E-state index in [1.807, 2.05) is 12.1 Å². The van der Waals surface area contributed by atoms with Crippen LogP contribution in [0.5, 0.6) is 5.88 Å². The van der Waals surface area contributed by atoms with Gasteiger partial charge in [0.15, 0.2) is 0 Å². The van der Waals surface area contributed by atoms with Crippen molar-refractivity contribution in [1.82, 2.24) is 4.98 Å². The third kappa shape index (κ3) is 4.09. The maximum Gasteiger partial charge on any atom is 0.239 e. The molecule has 0 saturated heterocycles. The van der Waals surface area contributed by atoms with E-state index in [4.69, 9.17) is 10.5 Å². The number of anilines is 2. The smallest absolute Gasteiger partial charge is 0.239 e. The van der Waals surface area contributed by atoms with E-state index in [-0.39, 0.29) is 0 Å². The van der Waals surface area contributed by atoms with E-state index >= 15 is 0 Å². The number of nitrogens with one attached hydrogen (secondary N) is 1. The van der Waals surface area contributed by atoms with Crippen molar-refractivity contribution < 1.29 is 4.74 Å². The summed E-state index contributed by atoms with van der Waals surface area (Å²) in [7, 11) is 0. The molecule has 3 N–H and O–H groups in total. The molecule has 0 aliphatic heterocycles. The highest BCUT2D eigenvalue weighted by Gasteiger charge is 2.22. The molecule has 0 radical (unpaired) electrons. The fourth-order valence-corrected chi connectivity index (χ4v) is 1.74. The molecule has 1 aliphatic carbocycles. The zero-order valence-corrected chi connectivity index (χ0v) is 11.1. The van der Waals surface area contributed by atoms with Crippen molar-refractivity contribution in [2.75, 3.05) is 24.2 Å². The van der Waals surface area contributed by atoms with E-state index in [1.165, 1.54) is 32.1 Å². The van der Waals surface area contributed by atoms with Gasteiger partial charge in [-0.05, 0) is 37.3 Å². The Balaban J connectivity index is 1.83. The number of hydrogen-bond donors (Lipinski definition) is 2. The normalized spacial score (nSPS) is 14.5. The average molecular weight is 249 g/mol. The number of unbranched alkanes of at least 4 members (excludes halogenated alkanes) is 2. The Morgan fingerprint density at radius 2 is 2.22 bits per heavy atom. The van der Waals surface area contributed by atoms with Crippen molar-refractivity contribution in [1.29, 1.82) is 0 Å². The van der Waals surface area contributed by atoms with Crippen LogP contribution in [0.1, 0.15) is 39.0 Å². The van der Waals surface area contributed by atoms with Crippen LogP contribution in [0.3, 0.4) is 0 Å². The maximum atomic E-state index is 5.86. The first-order chi connectivity index (χ1) is 8.79. The van der Waals surface area contributed by atoms with Gasteiger partial charge in [0.05, 0.1) is 12.3 Å². The molecular weight excluding hydrogens is 226 g/mol. The molecule has 1 aliphatic rings. The molecule has 4 heteroatoms. The molecule has 1 aromatic rings. The highest BCUT2D eigenvalue weighted by atomic mass is 16.5. The summed E-state index contributed by atoms with van der Waals surface area (Å²) in [5.74, 6) is 2.14. The van der Waals surface area contributed by atoms with Gasteiger partial charge in [0.2, 0.25) is 5.88 Å². The van der Waals surface area contributed by atoms with Crippen LogP contribution in [0.15, 0.2) is 12.1 Å². The second-order valence-corrected chi connectivity index (χ2v) is 4.98. The minimum atomic E-state index is 0.572. The first-order valence-electron chi connectivity index (χ1n) is 6.92. The summed E-state index contributed by atoms with van der Waals surface area (Å²) in [6.45, 7) is 3.90. The first-order valence-corrected chi connectivity index (χ1v) is 6.92. The standard InChI is InChI=1S/C14H23N3O/c1-2-3-4-9-16-13-8-7-12(15)14(17-13)18-10-11-5-6-11/h7-8,11H,2-6,9-10,15H2,1H3,(H,16,17). The van der Waals surface area contributed by atoms with Gasteiger partial charge >= 0.3 is 0 Å². The average Bonchev–Trinajstić information content (AvgIpc) is 3.19. The van der Waals surface area contributed by atoms with Crippen LogP contribution in [-0.2, 0) is 0 Å². The summed E-state index contributed by atoms with van der Waals surface area (Å²) in [6, 6.07) is 3.77. The predicted octanol–water partition coefficient (Wildman–Crippen LogP) is 3.05. The van der Waals surface area contributed by atoms with Crippen molar-refractivity contribution >= 4 is 11.5 Å². The van der Waals surface area contributed by atoms with Gasteiger partial charge in [-0.25, -0.2) is 0 Å². The van der Waals surface area contributed by atoms with Crippen molar-refractivity contribution in [2.45, 2.75) is 39.0 Å². The summed E-state index contributed by atoms with van der Waals surface area (Å²) < 4.78 is 5.65. The van der Waals surface area contributed by atoms with E-state index in [9.17, 15) is 0 Å². The quantitative estimate of drug-likeness (QED) is 0.695. The van der Waals surface area contributed by atoms with Crippen LogP contribution in [0.4, 0.5) is 11.5 Å². The summed E-state index contributed by atoms with van der Waals surface area (Å²) in [5.41, 5.74) is 6.48. The lowest BCUT2D eigenvalue weighted by atomic mass is 10.2. The van der Waals surface area contributed by atoms with E-state index in [0.717, 1.165) is 19.0 Å². The SMILES string of the molecule is CCCCCNc1ccc(N)c(OCC2CC2)n1. The Morgan fingerprint density at radius 1 is 1.39 bits per heavy atom. The molecule has 1 saturated carbocycles. The largest absolute Gasteiger partial charge is 0.476 e. The van der Waals surface area contributed by atoms with Gasteiger partial charge in [0, 0.05) is 6.54 Å². The second kappa shape index (κ2) is 6.47. The molecule has 4 nitrogen and oxygen atoms in total. The number of nitrogen functional groups attached to an aromatic ring is 1. The van der Waals surface area contributed by atoms with Gasteiger partial charge in [-0.15, -0.1) is 0 Å². The molecule has 0 spiro atoms. The van der Waals surface area contributed by atoms with Gasteiger partial charge in [-0.3, -0.25) is 0 Å². The molecule has 1 aromatic heterocycles. The molecule has 0 amide bonds. The molecular formula is C14H23N3O. The number of aromatic nitrogens is 1. The number of nitrogens with zero attached hydrogens (tertiary/aromatic N) is 1. The van der Waals surface area contributed by atoms with Crippen LogP contribution >= 0.6 is 0 Å². The fraction of sp³-hybridized carbons (Fsp3) is 0.643.